The van der Waals surface area contributed by atoms with Crippen LogP contribution in [0.4, 0.5) is 0 Å². The highest BCUT2D eigenvalue weighted by atomic mass is 16.5. The Morgan fingerprint density at radius 1 is 1.10 bits per heavy atom. The van der Waals surface area contributed by atoms with Crippen molar-refractivity contribution in [3.05, 3.63) is 72.1 Å². The van der Waals surface area contributed by atoms with Gasteiger partial charge in [-0.1, -0.05) is 30.3 Å². The van der Waals surface area contributed by atoms with Crippen LogP contribution in [0, 0.1) is 0 Å². The molecule has 2 aromatic carbocycles. The van der Waals surface area contributed by atoms with Crippen molar-refractivity contribution >= 4 is 16.7 Å². The maximum Gasteiger partial charge on any atom is 0.220 e. The van der Waals surface area contributed by atoms with Crippen molar-refractivity contribution in [2.24, 2.45) is 0 Å². The summed E-state index contributed by atoms with van der Waals surface area (Å²) in [6.07, 6.45) is 5.29. The molecule has 0 saturated carbocycles. The molecule has 1 aromatic heterocycles. The highest BCUT2D eigenvalue weighted by molar-refractivity contribution is 5.84. The topological polar surface area (TPSA) is 71.5 Å². The summed E-state index contributed by atoms with van der Waals surface area (Å²) in [7, 11) is 1.65. The number of ether oxygens (including phenoxy) is 1. The van der Waals surface area contributed by atoms with E-state index >= 15 is 0 Å². The van der Waals surface area contributed by atoms with E-state index in [2.05, 4.69) is 16.4 Å². The van der Waals surface area contributed by atoms with E-state index in [1.165, 1.54) is 0 Å². The van der Waals surface area contributed by atoms with Gasteiger partial charge in [0.2, 0.25) is 5.91 Å². The first-order valence-electron chi connectivity index (χ1n) is 10.0. The molecule has 2 atom stereocenters. The fourth-order valence-corrected chi connectivity index (χ4v) is 3.27. The number of carbonyl (C=O) groups is 1. The summed E-state index contributed by atoms with van der Waals surface area (Å²) in [6, 6.07) is 16.0. The monoisotopic (exact) mass is 392 g/mol. The molecule has 3 aromatic rings. The van der Waals surface area contributed by atoms with Crippen LogP contribution >= 0.6 is 0 Å². The summed E-state index contributed by atoms with van der Waals surface area (Å²) in [4.78, 5) is 15.5. The Morgan fingerprint density at radius 3 is 2.66 bits per heavy atom. The average molecular weight is 392 g/mol. The number of benzene rings is 2. The van der Waals surface area contributed by atoms with Crippen LogP contribution in [0.25, 0.3) is 10.8 Å². The Kier molecular flexibility index (Phi) is 7.19. The lowest BCUT2D eigenvalue weighted by Crippen LogP contribution is -2.29. The molecule has 5 nitrogen and oxygen atoms in total. The van der Waals surface area contributed by atoms with E-state index < -0.39 is 6.10 Å². The number of carbonyl (C=O) groups excluding carboxylic acids is 1. The summed E-state index contributed by atoms with van der Waals surface area (Å²) in [5, 5.41) is 15.3. The van der Waals surface area contributed by atoms with Crippen molar-refractivity contribution in [2.45, 2.75) is 44.8 Å². The number of amides is 1. The molecule has 5 heteroatoms. The molecule has 1 heterocycles. The second-order valence-corrected chi connectivity index (χ2v) is 7.31. The van der Waals surface area contributed by atoms with Gasteiger partial charge < -0.3 is 15.2 Å². The third-order valence-corrected chi connectivity index (χ3v) is 5.11. The quantitative estimate of drug-likeness (QED) is 0.583. The summed E-state index contributed by atoms with van der Waals surface area (Å²) >= 11 is 0. The van der Waals surface area contributed by atoms with Crippen LogP contribution in [0.1, 0.15) is 30.9 Å². The molecule has 2 unspecified atom stereocenters. The lowest BCUT2D eigenvalue weighted by molar-refractivity contribution is -0.120. The molecular formula is C24H28N2O3. The largest absolute Gasteiger partial charge is 0.488 e. The summed E-state index contributed by atoms with van der Waals surface area (Å²) in [5.74, 6) is 0.786. The van der Waals surface area contributed by atoms with Crippen molar-refractivity contribution < 1.29 is 14.6 Å². The number of hydrogen-bond donors (Lipinski definition) is 2. The highest BCUT2D eigenvalue weighted by Gasteiger charge is 2.16. The van der Waals surface area contributed by atoms with E-state index in [-0.39, 0.29) is 12.0 Å². The highest BCUT2D eigenvalue weighted by Crippen LogP contribution is 2.24. The van der Waals surface area contributed by atoms with E-state index in [1.54, 1.807) is 13.2 Å². The van der Waals surface area contributed by atoms with E-state index in [1.807, 2.05) is 55.6 Å². The maximum absolute atomic E-state index is 11.4. The molecule has 0 bridgehead atoms. The van der Waals surface area contributed by atoms with Crippen molar-refractivity contribution in [1.29, 1.82) is 0 Å². The molecular weight excluding hydrogens is 364 g/mol. The Balaban J connectivity index is 1.58. The van der Waals surface area contributed by atoms with E-state index in [4.69, 9.17) is 4.74 Å². The predicted molar refractivity (Wildman–Crippen MR) is 115 cm³/mol. The van der Waals surface area contributed by atoms with Gasteiger partial charge in [-0.3, -0.25) is 9.78 Å². The number of aliphatic hydroxyl groups is 1. The number of rotatable bonds is 9. The van der Waals surface area contributed by atoms with Crippen molar-refractivity contribution in [3.8, 4) is 5.75 Å². The Labute approximate surface area is 171 Å². The Bertz CT molecular complexity index is 943. The maximum atomic E-state index is 11.4. The normalized spacial score (nSPS) is 13.1. The molecule has 0 radical (unpaired) electrons. The van der Waals surface area contributed by atoms with Gasteiger partial charge in [-0.15, -0.1) is 0 Å². The van der Waals surface area contributed by atoms with E-state index in [0.717, 1.165) is 34.1 Å². The SMILES string of the molecule is CNC(=O)CCc1ccc2cc(OC(C)C(O)CCc3cccnc3)ccc2c1. The van der Waals surface area contributed by atoms with Gasteiger partial charge in [0.15, 0.2) is 0 Å². The smallest absolute Gasteiger partial charge is 0.220 e. The molecule has 0 fully saturated rings. The van der Waals surface area contributed by atoms with Gasteiger partial charge in [0, 0.05) is 25.9 Å². The zero-order valence-corrected chi connectivity index (χ0v) is 17.0. The van der Waals surface area contributed by atoms with Crippen LogP contribution in [-0.4, -0.2) is 35.3 Å². The molecule has 2 N–H and O–H groups in total. The van der Waals surface area contributed by atoms with Gasteiger partial charge in [-0.25, -0.2) is 0 Å². The minimum absolute atomic E-state index is 0.0462. The number of nitrogens with zero attached hydrogens (tertiary/aromatic N) is 1. The van der Waals surface area contributed by atoms with Crippen molar-refractivity contribution in [1.82, 2.24) is 10.3 Å². The molecule has 29 heavy (non-hydrogen) atoms. The fourth-order valence-electron chi connectivity index (χ4n) is 3.27. The number of hydrogen-bond acceptors (Lipinski definition) is 4. The number of aliphatic hydroxyl groups excluding tert-OH is 1. The predicted octanol–water partition coefficient (Wildman–Crippen LogP) is 3.67. The lowest BCUT2D eigenvalue weighted by atomic mass is 10.0. The third kappa shape index (κ3) is 6.03. The molecule has 1 amide bonds. The standard InChI is InChI=1S/C24H28N2O3/c1-17(23(27)11-6-19-4-3-13-26-16-19)29-22-10-9-20-14-18(5-8-21(20)15-22)7-12-24(28)25-2/h3-5,8-10,13-17,23,27H,6-7,11-12H2,1-2H3,(H,25,28). The first-order valence-corrected chi connectivity index (χ1v) is 10.0. The fraction of sp³-hybridized carbons (Fsp3) is 0.333. The van der Waals surface area contributed by atoms with Gasteiger partial charge in [0.25, 0.3) is 0 Å². The number of nitrogens with one attached hydrogen (secondary N) is 1. The van der Waals surface area contributed by atoms with E-state index in [9.17, 15) is 9.90 Å². The van der Waals surface area contributed by atoms with Crippen LogP contribution in [0.15, 0.2) is 60.9 Å². The Morgan fingerprint density at radius 2 is 1.90 bits per heavy atom. The van der Waals surface area contributed by atoms with Crippen LogP contribution in [0.3, 0.4) is 0 Å². The number of pyridine rings is 1. The number of fused-ring (bicyclic) bond motifs is 1. The van der Waals surface area contributed by atoms with Crippen LogP contribution in [0.2, 0.25) is 0 Å². The van der Waals surface area contributed by atoms with Crippen LogP contribution < -0.4 is 10.1 Å². The second kappa shape index (κ2) is 10.0. The van der Waals surface area contributed by atoms with Gasteiger partial charge in [0.1, 0.15) is 11.9 Å². The third-order valence-electron chi connectivity index (χ3n) is 5.11. The molecule has 3 rings (SSSR count). The summed E-state index contributed by atoms with van der Waals surface area (Å²) in [6.45, 7) is 1.89. The van der Waals surface area contributed by atoms with Gasteiger partial charge in [0.05, 0.1) is 6.10 Å². The molecule has 152 valence electrons. The van der Waals surface area contributed by atoms with E-state index in [0.29, 0.717) is 19.3 Å². The minimum atomic E-state index is -0.557. The number of aryl methyl sites for hydroxylation is 2. The second-order valence-electron chi connectivity index (χ2n) is 7.31. The first kappa shape index (κ1) is 20.8. The molecule has 0 spiro atoms. The summed E-state index contributed by atoms with van der Waals surface area (Å²) < 4.78 is 5.98. The number of aromatic nitrogens is 1. The zero-order chi connectivity index (χ0) is 20.6. The van der Waals surface area contributed by atoms with Crippen LogP contribution in [-0.2, 0) is 17.6 Å². The van der Waals surface area contributed by atoms with Crippen molar-refractivity contribution in [3.63, 3.8) is 0 Å². The summed E-state index contributed by atoms with van der Waals surface area (Å²) in [5.41, 5.74) is 2.24. The molecule has 0 aliphatic rings. The zero-order valence-electron chi connectivity index (χ0n) is 17.0. The molecule has 0 saturated heterocycles. The van der Waals surface area contributed by atoms with Gasteiger partial charge in [-0.05, 0) is 66.3 Å². The average Bonchev–Trinajstić information content (AvgIpc) is 2.76. The molecule has 0 aliphatic carbocycles. The first-order chi connectivity index (χ1) is 14.0. The van der Waals surface area contributed by atoms with Crippen molar-refractivity contribution in [2.75, 3.05) is 7.05 Å². The van der Waals surface area contributed by atoms with Gasteiger partial charge in [-0.2, -0.15) is 0 Å². The van der Waals surface area contributed by atoms with Crippen LogP contribution in [0.5, 0.6) is 5.75 Å². The Hall–Kier alpha value is -2.92. The molecule has 0 aliphatic heterocycles. The van der Waals surface area contributed by atoms with Gasteiger partial charge >= 0.3 is 0 Å². The minimum Gasteiger partial charge on any atom is -0.488 e. The lowest BCUT2D eigenvalue weighted by Gasteiger charge is -2.21.